The first kappa shape index (κ1) is 17.5. The Morgan fingerprint density at radius 1 is 0.774 bits per heavy atom. The molecule has 0 N–H and O–H groups in total. The molecular weight excluding hydrogens is 399 g/mol. The minimum absolute atomic E-state index is 0.0204. The molecule has 148 valence electrons. The van der Waals surface area contributed by atoms with Gasteiger partial charge in [-0.15, -0.1) is 0 Å². The molecule has 31 heavy (non-hydrogen) atoms. The summed E-state index contributed by atoms with van der Waals surface area (Å²) in [6, 6.07) is 16.6. The molecule has 0 radical (unpaired) electrons. The van der Waals surface area contributed by atoms with Crippen LogP contribution in [0.25, 0.3) is 39.7 Å². The zero-order valence-electron chi connectivity index (χ0n) is 15.8. The highest BCUT2D eigenvalue weighted by Gasteiger charge is 2.34. The molecule has 0 unspecified atom stereocenters. The van der Waals surface area contributed by atoms with E-state index in [0.29, 0.717) is 16.7 Å². The molecule has 0 saturated heterocycles. The Bertz CT molecular complexity index is 1490. The van der Waals surface area contributed by atoms with Crippen molar-refractivity contribution in [3.8, 4) is 11.5 Å². The highest BCUT2D eigenvalue weighted by atomic mass is 19.1. The second-order valence-corrected chi connectivity index (χ2v) is 7.15. The smallest absolute Gasteiger partial charge is 0.288 e. The van der Waals surface area contributed by atoms with Crippen molar-refractivity contribution < 1.29 is 22.8 Å². The Morgan fingerprint density at radius 3 is 2.00 bits per heavy atom. The Hall–Kier alpha value is -4.39. The van der Waals surface area contributed by atoms with E-state index in [9.17, 15) is 14.0 Å². The number of carbonyl (C=O) groups excluding carboxylic acids is 2. The highest BCUT2D eigenvalue weighted by molar-refractivity contribution is 6.41. The molecule has 0 amide bonds. The molecule has 3 aromatic carbocycles. The summed E-state index contributed by atoms with van der Waals surface area (Å²) < 4.78 is 24.2. The van der Waals surface area contributed by atoms with Gasteiger partial charge in [-0.1, -0.05) is 24.3 Å². The topological polar surface area (TPSA) is 86.2 Å². The molecule has 0 bridgehead atoms. The molecule has 0 fully saturated rings. The van der Waals surface area contributed by atoms with Crippen LogP contribution in [0.5, 0.6) is 0 Å². The molecule has 0 saturated carbocycles. The van der Waals surface area contributed by atoms with Crippen LogP contribution in [0.4, 0.5) is 4.39 Å². The van der Waals surface area contributed by atoms with Crippen molar-refractivity contribution in [3.63, 3.8) is 0 Å². The maximum Gasteiger partial charge on any atom is 0.288 e. The van der Waals surface area contributed by atoms with Crippen molar-refractivity contribution in [2.24, 2.45) is 0 Å². The number of rotatable bonds is 2. The maximum absolute atomic E-state index is 13.1. The molecule has 6 rings (SSSR count). The highest BCUT2D eigenvalue weighted by Crippen LogP contribution is 2.32. The van der Waals surface area contributed by atoms with Gasteiger partial charge in [0, 0.05) is 22.8 Å². The Balaban J connectivity index is 1.38. The number of oxazole rings is 2. The fourth-order valence-corrected chi connectivity index (χ4v) is 3.70. The quantitative estimate of drug-likeness (QED) is 0.292. The third kappa shape index (κ3) is 2.71. The lowest BCUT2D eigenvalue weighted by atomic mass is 10.0. The van der Waals surface area contributed by atoms with Gasteiger partial charge < -0.3 is 8.83 Å². The number of aromatic nitrogens is 2. The summed E-state index contributed by atoms with van der Waals surface area (Å²) in [4.78, 5) is 34.1. The molecule has 6 nitrogen and oxygen atoms in total. The fourth-order valence-electron chi connectivity index (χ4n) is 3.70. The van der Waals surface area contributed by atoms with E-state index < -0.39 is 0 Å². The molecule has 2 aromatic heterocycles. The summed E-state index contributed by atoms with van der Waals surface area (Å²) in [5.74, 6) is -0.847. The first-order valence-corrected chi connectivity index (χ1v) is 9.44. The van der Waals surface area contributed by atoms with Gasteiger partial charge in [-0.25, -0.2) is 4.39 Å². The lowest BCUT2D eigenvalue weighted by Crippen LogP contribution is -2.00. The Morgan fingerprint density at radius 2 is 1.39 bits per heavy atom. The van der Waals surface area contributed by atoms with Gasteiger partial charge in [-0.05, 0) is 47.2 Å². The molecule has 2 heterocycles. The number of carbonyl (C=O) groups is 2. The van der Waals surface area contributed by atoms with Crippen LogP contribution in [0.1, 0.15) is 26.6 Å². The van der Waals surface area contributed by atoms with E-state index in [2.05, 4.69) is 9.97 Å². The van der Waals surface area contributed by atoms with E-state index in [1.165, 1.54) is 30.3 Å². The lowest BCUT2D eigenvalue weighted by Gasteiger charge is -2.00. The van der Waals surface area contributed by atoms with E-state index in [0.717, 1.165) is 10.8 Å². The maximum atomic E-state index is 13.1. The summed E-state index contributed by atoms with van der Waals surface area (Å²) in [6.45, 7) is 0. The molecule has 5 aromatic rings. The van der Waals surface area contributed by atoms with E-state index in [-0.39, 0.29) is 46.2 Å². The average Bonchev–Trinajstić information content (AvgIpc) is 3.40. The third-order valence-electron chi connectivity index (χ3n) is 5.22. The van der Waals surface area contributed by atoms with Gasteiger partial charge in [0.25, 0.3) is 11.4 Å². The van der Waals surface area contributed by atoms with Crippen molar-refractivity contribution in [2.45, 2.75) is 0 Å². The van der Waals surface area contributed by atoms with Gasteiger partial charge in [-0.2, -0.15) is 9.97 Å². The minimum atomic E-state index is -0.375. The number of allylic oxidation sites excluding steroid dienone is 1. The molecule has 0 aliphatic heterocycles. The first-order chi connectivity index (χ1) is 15.1. The number of halogens is 1. The third-order valence-corrected chi connectivity index (χ3v) is 5.22. The van der Waals surface area contributed by atoms with Crippen LogP contribution in [0, 0.1) is 5.82 Å². The minimum Gasteiger partial charge on any atom is -0.415 e. The standard InChI is InChI=1S/C24H11FN2O4/c25-15-7-5-12(6-8-15)22-27-24-23(31-22)26-19(30-24)11-18-20(28)16-9-13-3-1-2-4-14(13)10-17(16)21(18)29/h1-11H. The second kappa shape index (κ2) is 6.30. The summed E-state index contributed by atoms with van der Waals surface area (Å²) in [5.41, 5.74) is 1.51. The molecule has 1 aliphatic carbocycles. The number of benzene rings is 3. The van der Waals surface area contributed by atoms with Crippen LogP contribution in [-0.2, 0) is 0 Å². The van der Waals surface area contributed by atoms with E-state index in [1.807, 2.05) is 24.3 Å². The van der Waals surface area contributed by atoms with Crippen molar-refractivity contribution >= 4 is 39.8 Å². The normalized spacial score (nSPS) is 13.4. The van der Waals surface area contributed by atoms with Crippen molar-refractivity contribution in [2.75, 3.05) is 0 Å². The summed E-state index contributed by atoms with van der Waals surface area (Å²) in [5, 5.41) is 1.77. The number of fused-ring (bicyclic) bond motifs is 3. The summed E-state index contributed by atoms with van der Waals surface area (Å²) >= 11 is 0. The van der Waals surface area contributed by atoms with Crippen LogP contribution in [-0.4, -0.2) is 21.5 Å². The fraction of sp³-hybridized carbons (Fsp3) is 0. The van der Waals surface area contributed by atoms with Gasteiger partial charge in [0.05, 0.1) is 5.57 Å². The van der Waals surface area contributed by atoms with Crippen molar-refractivity contribution in [3.05, 3.63) is 89.1 Å². The predicted molar refractivity (Wildman–Crippen MR) is 110 cm³/mol. The summed E-state index contributed by atoms with van der Waals surface area (Å²) in [6.07, 6.45) is 1.31. The summed E-state index contributed by atoms with van der Waals surface area (Å²) in [7, 11) is 0. The molecule has 0 spiro atoms. The van der Waals surface area contributed by atoms with Gasteiger partial charge in [0.2, 0.25) is 11.8 Å². The van der Waals surface area contributed by atoms with E-state index in [1.54, 1.807) is 12.1 Å². The van der Waals surface area contributed by atoms with Crippen molar-refractivity contribution in [1.29, 1.82) is 0 Å². The number of hydrogen-bond acceptors (Lipinski definition) is 6. The first-order valence-electron chi connectivity index (χ1n) is 9.44. The zero-order chi connectivity index (χ0) is 21.1. The van der Waals surface area contributed by atoms with E-state index in [4.69, 9.17) is 8.83 Å². The number of nitrogens with zero attached hydrogens (tertiary/aromatic N) is 2. The zero-order valence-corrected chi connectivity index (χ0v) is 15.8. The van der Waals surface area contributed by atoms with Gasteiger partial charge in [0.1, 0.15) is 5.82 Å². The second-order valence-electron chi connectivity index (χ2n) is 7.15. The lowest BCUT2D eigenvalue weighted by molar-refractivity contribution is 0.0990. The van der Waals surface area contributed by atoms with Crippen molar-refractivity contribution in [1.82, 2.24) is 9.97 Å². The van der Waals surface area contributed by atoms with Gasteiger partial charge in [-0.3, -0.25) is 9.59 Å². The number of Topliss-reactive ketones (excluding diaryl/α,β-unsaturated/α-hetero) is 2. The van der Waals surface area contributed by atoms with Crippen LogP contribution in [0.2, 0.25) is 0 Å². The van der Waals surface area contributed by atoms with Gasteiger partial charge >= 0.3 is 0 Å². The number of ketones is 2. The SMILES string of the molecule is O=C1C(=Cc2nc3oc(-c4ccc(F)cc4)nc3o2)C(=O)c2cc3ccccc3cc21. The van der Waals surface area contributed by atoms with Crippen LogP contribution in [0.15, 0.2) is 75.1 Å². The van der Waals surface area contributed by atoms with Crippen LogP contribution >= 0.6 is 0 Å². The monoisotopic (exact) mass is 410 g/mol. The van der Waals surface area contributed by atoms with Crippen LogP contribution in [0.3, 0.4) is 0 Å². The van der Waals surface area contributed by atoms with Crippen LogP contribution < -0.4 is 0 Å². The predicted octanol–water partition coefficient (Wildman–Crippen LogP) is 5.24. The number of hydrogen-bond donors (Lipinski definition) is 0. The Kier molecular flexibility index (Phi) is 3.55. The molecule has 7 heteroatoms. The molecule has 0 atom stereocenters. The van der Waals surface area contributed by atoms with E-state index >= 15 is 0 Å². The molecule has 1 aliphatic rings. The Labute approximate surface area is 173 Å². The largest absolute Gasteiger partial charge is 0.415 e. The van der Waals surface area contributed by atoms with Gasteiger partial charge in [0.15, 0.2) is 11.6 Å². The molecular formula is C24H11FN2O4. The average molecular weight is 410 g/mol.